The number of rotatable bonds is 3. The van der Waals surface area contributed by atoms with Crippen LogP contribution in [-0.2, 0) is 13.1 Å². The fourth-order valence-corrected chi connectivity index (χ4v) is 5.81. The molecular formula is C25H27FN4O. The smallest absolute Gasteiger partial charge is 0.255 e. The summed E-state index contributed by atoms with van der Waals surface area (Å²) in [6.45, 7) is 4.29. The summed E-state index contributed by atoms with van der Waals surface area (Å²) in [6.07, 6.45) is 2.84. The maximum absolute atomic E-state index is 13.5. The first kappa shape index (κ1) is 19.0. The molecule has 0 unspecified atom stereocenters. The van der Waals surface area contributed by atoms with Crippen LogP contribution in [0, 0.1) is 5.92 Å². The molecule has 0 amide bonds. The second kappa shape index (κ2) is 7.45. The highest BCUT2D eigenvalue weighted by Crippen LogP contribution is 2.38. The number of hydrogen-bond acceptors (Lipinski definition) is 4. The molecule has 6 rings (SSSR count). The Morgan fingerprint density at radius 2 is 1.94 bits per heavy atom. The van der Waals surface area contributed by atoms with Crippen LogP contribution in [0.3, 0.4) is 0 Å². The third-order valence-electron chi connectivity index (χ3n) is 7.24. The number of anilines is 1. The first-order chi connectivity index (χ1) is 15.2. The predicted molar refractivity (Wildman–Crippen MR) is 120 cm³/mol. The fraction of sp³-hybridized carbons (Fsp3) is 0.440. The maximum Gasteiger partial charge on any atom is 0.255 e. The zero-order valence-corrected chi connectivity index (χ0v) is 17.6. The van der Waals surface area contributed by atoms with Crippen molar-refractivity contribution in [2.75, 3.05) is 31.1 Å². The van der Waals surface area contributed by atoms with Gasteiger partial charge in [-0.3, -0.25) is 9.69 Å². The summed E-state index contributed by atoms with van der Waals surface area (Å²) < 4.78 is 15.6. The molecule has 5 nitrogen and oxygen atoms in total. The van der Waals surface area contributed by atoms with Gasteiger partial charge in [0.2, 0.25) is 0 Å². The molecule has 0 aliphatic carbocycles. The summed E-state index contributed by atoms with van der Waals surface area (Å²) in [4.78, 5) is 22.5. The number of fused-ring (bicyclic) bond motifs is 5. The van der Waals surface area contributed by atoms with Gasteiger partial charge in [-0.05, 0) is 36.3 Å². The average molecular weight is 419 g/mol. The molecule has 3 aliphatic heterocycles. The monoisotopic (exact) mass is 418 g/mol. The van der Waals surface area contributed by atoms with Crippen LogP contribution in [0.2, 0.25) is 0 Å². The number of aromatic nitrogens is 2. The van der Waals surface area contributed by atoms with E-state index in [0.29, 0.717) is 31.3 Å². The van der Waals surface area contributed by atoms with E-state index in [-0.39, 0.29) is 5.56 Å². The van der Waals surface area contributed by atoms with Gasteiger partial charge < -0.3 is 9.47 Å². The van der Waals surface area contributed by atoms with Crippen molar-refractivity contribution in [2.24, 2.45) is 5.92 Å². The summed E-state index contributed by atoms with van der Waals surface area (Å²) in [5.74, 6) is 1.81. The molecule has 2 fully saturated rings. The van der Waals surface area contributed by atoms with Gasteiger partial charge in [0.25, 0.3) is 5.56 Å². The van der Waals surface area contributed by atoms with E-state index in [9.17, 15) is 9.18 Å². The molecule has 3 atom stereocenters. The van der Waals surface area contributed by atoms with Crippen LogP contribution < -0.4 is 10.5 Å². The maximum atomic E-state index is 13.5. The average Bonchev–Trinajstić information content (AvgIpc) is 3.20. The van der Waals surface area contributed by atoms with E-state index in [2.05, 4.69) is 46.2 Å². The number of pyridine rings is 2. The Balaban J connectivity index is 1.30. The van der Waals surface area contributed by atoms with Gasteiger partial charge in [0.05, 0.1) is 0 Å². The molecule has 5 heterocycles. The van der Waals surface area contributed by atoms with Crippen molar-refractivity contribution in [1.29, 1.82) is 0 Å². The Morgan fingerprint density at radius 1 is 1.03 bits per heavy atom. The van der Waals surface area contributed by atoms with Gasteiger partial charge in [-0.25, -0.2) is 9.37 Å². The van der Waals surface area contributed by atoms with Crippen molar-refractivity contribution in [3.8, 4) is 0 Å². The highest BCUT2D eigenvalue weighted by molar-refractivity contribution is 5.92. The van der Waals surface area contributed by atoms with Crippen molar-refractivity contribution in [1.82, 2.24) is 14.5 Å². The Morgan fingerprint density at radius 3 is 2.81 bits per heavy atom. The van der Waals surface area contributed by atoms with Gasteiger partial charge in [-0.15, -0.1) is 0 Å². The lowest BCUT2D eigenvalue weighted by molar-refractivity contribution is 0.270. The van der Waals surface area contributed by atoms with Crippen molar-refractivity contribution >= 4 is 16.6 Å². The Labute approximate surface area is 181 Å². The molecule has 3 aromatic rings. The van der Waals surface area contributed by atoms with Crippen molar-refractivity contribution in [3.63, 3.8) is 0 Å². The van der Waals surface area contributed by atoms with E-state index in [0.717, 1.165) is 49.7 Å². The van der Waals surface area contributed by atoms with Crippen LogP contribution in [0.1, 0.15) is 30.0 Å². The Bertz CT molecular complexity index is 1190. The van der Waals surface area contributed by atoms with Gasteiger partial charge in [0, 0.05) is 68.0 Å². The summed E-state index contributed by atoms with van der Waals surface area (Å²) >= 11 is 0. The molecule has 31 heavy (non-hydrogen) atoms. The number of alkyl halides is 1. The third kappa shape index (κ3) is 3.33. The molecule has 1 aromatic carbocycles. The quantitative estimate of drug-likeness (QED) is 0.652. The third-order valence-corrected chi connectivity index (χ3v) is 7.24. The molecule has 160 valence electrons. The van der Waals surface area contributed by atoms with E-state index >= 15 is 0 Å². The minimum Gasteiger partial charge on any atom is -0.355 e. The van der Waals surface area contributed by atoms with Gasteiger partial charge >= 0.3 is 0 Å². The van der Waals surface area contributed by atoms with Gasteiger partial charge in [0.15, 0.2) is 0 Å². The molecule has 6 heteroatoms. The van der Waals surface area contributed by atoms with Crippen LogP contribution in [0.4, 0.5) is 10.2 Å². The second-order valence-electron chi connectivity index (χ2n) is 9.38. The number of halogens is 1. The van der Waals surface area contributed by atoms with E-state index < -0.39 is 6.17 Å². The molecule has 2 bridgehead atoms. The molecular weight excluding hydrogens is 391 g/mol. The lowest BCUT2D eigenvalue weighted by Gasteiger charge is -2.43. The van der Waals surface area contributed by atoms with E-state index in [1.165, 1.54) is 10.8 Å². The van der Waals surface area contributed by atoms with Gasteiger partial charge in [-0.1, -0.05) is 30.3 Å². The van der Waals surface area contributed by atoms with Crippen LogP contribution in [0.25, 0.3) is 10.8 Å². The molecule has 0 radical (unpaired) electrons. The zero-order valence-electron chi connectivity index (χ0n) is 17.6. The normalized spacial score (nSPS) is 25.7. The zero-order chi connectivity index (χ0) is 20.9. The summed E-state index contributed by atoms with van der Waals surface area (Å²) in [6, 6.07) is 14.6. The molecule has 3 aliphatic rings. The molecule has 0 spiro atoms. The molecule has 2 saturated heterocycles. The van der Waals surface area contributed by atoms with Crippen molar-refractivity contribution in [3.05, 3.63) is 70.3 Å². The minimum absolute atomic E-state index is 0.117. The number of likely N-dealkylation sites (tertiary alicyclic amines) is 1. The number of benzene rings is 1. The molecule has 0 N–H and O–H groups in total. The lowest BCUT2D eigenvalue weighted by atomic mass is 9.83. The fourth-order valence-electron chi connectivity index (χ4n) is 5.81. The van der Waals surface area contributed by atoms with E-state index in [4.69, 9.17) is 4.98 Å². The topological polar surface area (TPSA) is 41.4 Å². The lowest BCUT2D eigenvalue weighted by Crippen LogP contribution is -2.48. The van der Waals surface area contributed by atoms with Crippen LogP contribution in [0.5, 0.6) is 0 Å². The highest BCUT2D eigenvalue weighted by Gasteiger charge is 2.36. The highest BCUT2D eigenvalue weighted by atomic mass is 19.1. The number of hydrogen-bond donors (Lipinski definition) is 0. The predicted octanol–water partition coefficient (Wildman–Crippen LogP) is 3.56. The van der Waals surface area contributed by atoms with Crippen LogP contribution in [-0.4, -0.2) is 46.8 Å². The second-order valence-corrected chi connectivity index (χ2v) is 9.38. The minimum atomic E-state index is -0.756. The molecule has 2 aromatic heterocycles. The number of piperidine rings is 1. The summed E-state index contributed by atoms with van der Waals surface area (Å²) in [7, 11) is 0. The number of nitrogens with zero attached hydrogens (tertiary/aromatic N) is 4. The van der Waals surface area contributed by atoms with E-state index in [1.54, 1.807) is 0 Å². The van der Waals surface area contributed by atoms with Crippen molar-refractivity contribution < 1.29 is 4.39 Å². The first-order valence-electron chi connectivity index (χ1n) is 11.3. The van der Waals surface area contributed by atoms with E-state index in [1.807, 2.05) is 16.8 Å². The summed E-state index contributed by atoms with van der Waals surface area (Å²) in [5.41, 5.74) is 2.05. The standard InChI is InChI=1S/C25H27FN4O/c26-21-8-10-28(16-21)14-19-5-6-23-20-11-17(13-30(23)25(19)31)12-29(15-20)24-22-4-2-1-3-18(22)7-9-27-24/h1-7,9,17,20-21H,8,10-16H2/t17-,20+,21-/m0/s1. The summed E-state index contributed by atoms with van der Waals surface area (Å²) in [5, 5.41) is 2.40. The first-order valence-corrected chi connectivity index (χ1v) is 11.3. The van der Waals surface area contributed by atoms with Gasteiger partial charge in [-0.2, -0.15) is 0 Å². The van der Waals surface area contributed by atoms with Crippen LogP contribution in [0.15, 0.2) is 53.5 Å². The largest absolute Gasteiger partial charge is 0.355 e. The van der Waals surface area contributed by atoms with Gasteiger partial charge in [0.1, 0.15) is 12.0 Å². The Hall–Kier alpha value is -2.73. The van der Waals surface area contributed by atoms with Crippen molar-refractivity contribution in [2.45, 2.75) is 38.0 Å². The van der Waals surface area contributed by atoms with Crippen LogP contribution >= 0.6 is 0 Å². The SMILES string of the molecule is O=c1c(CN2CC[C@H](F)C2)ccc2n1C[C@H]1C[C@@H]2CN(c2nccc3ccccc23)C1. The Kier molecular flexibility index (Phi) is 4.56. The molecule has 0 saturated carbocycles.